The third-order valence-corrected chi connectivity index (χ3v) is 13.5. The minimum atomic E-state index is -1.51. The molecule has 3 aromatic rings. The first kappa shape index (κ1) is 33.0. The van der Waals surface area contributed by atoms with Crippen LogP contribution in [0, 0.1) is 27.7 Å². The minimum Gasteiger partial charge on any atom is -1.00 e. The largest absolute Gasteiger partial charge is 1.00 e. The van der Waals surface area contributed by atoms with E-state index in [1.54, 1.807) is 15.9 Å². The smallest absolute Gasteiger partial charge is 1.00 e. The number of benzene rings is 3. The van der Waals surface area contributed by atoms with E-state index in [4.69, 9.17) is 0 Å². The number of rotatable bonds is 5. The third-order valence-electron chi connectivity index (χ3n) is 7.74. The molecule has 0 fully saturated rings. The van der Waals surface area contributed by atoms with Crippen molar-refractivity contribution >= 4 is 24.7 Å². The fourth-order valence-electron chi connectivity index (χ4n) is 5.75. The molecule has 1 unspecified atom stereocenters. The molecule has 1 atom stereocenters. The van der Waals surface area contributed by atoms with Gasteiger partial charge in [0.15, 0.2) is 0 Å². The molecule has 188 valence electrons. The Morgan fingerprint density at radius 1 is 0.639 bits per heavy atom. The zero-order valence-electron chi connectivity index (χ0n) is 22.3. The van der Waals surface area contributed by atoms with Crippen LogP contribution in [0.25, 0.3) is 5.57 Å². The summed E-state index contributed by atoms with van der Waals surface area (Å²) < 4.78 is 0.0427. The molecule has 4 rings (SSSR count). The third kappa shape index (κ3) is 6.15. The Balaban J connectivity index is 0.00000216. The van der Waals surface area contributed by atoms with Crippen molar-refractivity contribution in [3.8, 4) is 0 Å². The van der Waals surface area contributed by atoms with Gasteiger partial charge in [-0.3, -0.25) is 0 Å². The van der Waals surface area contributed by atoms with E-state index in [2.05, 4.69) is 136 Å². The summed E-state index contributed by atoms with van der Waals surface area (Å²) in [4.78, 5) is 0. The molecule has 0 aromatic heterocycles. The Bertz CT molecular complexity index is 1230. The first-order valence-electron chi connectivity index (χ1n) is 12.0. The molecule has 0 saturated heterocycles. The van der Waals surface area contributed by atoms with Crippen LogP contribution in [-0.4, -0.2) is 8.80 Å². The molecule has 0 radical (unpaired) electrons. The van der Waals surface area contributed by atoms with Crippen molar-refractivity contribution in [2.45, 2.75) is 58.2 Å². The summed E-state index contributed by atoms with van der Waals surface area (Å²) in [6.07, 6.45) is 0. The number of halogens is 3. The van der Waals surface area contributed by atoms with Gasteiger partial charge in [-0.05, 0) is 0 Å². The van der Waals surface area contributed by atoms with Gasteiger partial charge in [0, 0.05) is 0 Å². The van der Waals surface area contributed by atoms with Crippen LogP contribution >= 0.6 is 0 Å². The molecule has 0 N–H and O–H groups in total. The predicted octanol–water partition coefficient (Wildman–Crippen LogP) is -2.20. The second-order valence-corrected chi connectivity index (χ2v) is 14.1. The molecular formula is C31H35Cl3SiTi. The van der Waals surface area contributed by atoms with Crippen LogP contribution in [0.3, 0.4) is 0 Å². The van der Waals surface area contributed by atoms with Crippen molar-refractivity contribution < 1.29 is 57.7 Å². The van der Waals surface area contributed by atoms with E-state index < -0.39 is 8.80 Å². The number of hydrogen-bond acceptors (Lipinski definition) is 0. The summed E-state index contributed by atoms with van der Waals surface area (Å²) in [7, 11) is -1.51. The van der Waals surface area contributed by atoms with Crippen molar-refractivity contribution in [2.75, 3.05) is 0 Å². The molecular weight excluding hydrogens is 555 g/mol. The molecule has 0 nitrogen and oxygen atoms in total. The Morgan fingerprint density at radius 2 is 1.11 bits per heavy atom. The number of hydrogen-bond donors (Lipinski definition) is 0. The van der Waals surface area contributed by atoms with Gasteiger partial charge in [0.05, 0.1) is 0 Å². The van der Waals surface area contributed by atoms with Crippen molar-refractivity contribution in [1.29, 1.82) is 0 Å². The summed E-state index contributed by atoms with van der Waals surface area (Å²) in [5.41, 5.74) is 13.0. The quantitative estimate of drug-likeness (QED) is 0.297. The van der Waals surface area contributed by atoms with Crippen LogP contribution in [0.2, 0.25) is 9.76 Å². The number of allylic oxidation sites excluding steroid dienone is 4. The van der Waals surface area contributed by atoms with Gasteiger partial charge >= 0.3 is 215 Å². The van der Waals surface area contributed by atoms with E-state index in [1.165, 1.54) is 50.6 Å². The second kappa shape index (κ2) is 13.1. The van der Waals surface area contributed by atoms with E-state index in [1.807, 2.05) is 0 Å². The van der Waals surface area contributed by atoms with E-state index in [9.17, 15) is 0 Å². The van der Waals surface area contributed by atoms with Gasteiger partial charge in [-0.2, -0.15) is 0 Å². The molecule has 0 spiro atoms. The van der Waals surface area contributed by atoms with Gasteiger partial charge in [0.1, 0.15) is 0 Å². The first-order chi connectivity index (χ1) is 15.6. The van der Waals surface area contributed by atoms with Crippen molar-refractivity contribution in [1.82, 2.24) is 0 Å². The molecule has 5 heteroatoms. The van der Waals surface area contributed by atoms with Crippen LogP contribution in [0.1, 0.15) is 48.6 Å². The summed E-state index contributed by atoms with van der Waals surface area (Å²) >= 11 is 2.51. The van der Waals surface area contributed by atoms with Crippen molar-refractivity contribution in [3.05, 3.63) is 111 Å². The summed E-state index contributed by atoms with van der Waals surface area (Å²) in [6.45, 7) is 16.1. The van der Waals surface area contributed by atoms with Gasteiger partial charge in [-0.25, -0.2) is 0 Å². The zero-order chi connectivity index (χ0) is 23.9. The molecule has 0 aliphatic heterocycles. The molecule has 36 heavy (non-hydrogen) atoms. The molecule has 0 heterocycles. The Hall–Kier alpha value is -1.06. The van der Waals surface area contributed by atoms with Gasteiger partial charge in [-0.1, -0.05) is 0 Å². The van der Waals surface area contributed by atoms with Crippen LogP contribution in [0.4, 0.5) is 0 Å². The summed E-state index contributed by atoms with van der Waals surface area (Å²) in [5.74, 6) is 0. The fraction of sp³-hybridized carbons (Fsp3) is 0.290. The first-order valence-corrected chi connectivity index (χ1v) is 14.7. The summed E-state index contributed by atoms with van der Waals surface area (Å²) in [5, 5.41) is 3.19. The average molecular weight is 590 g/mol. The van der Waals surface area contributed by atoms with Crippen LogP contribution < -0.4 is 47.6 Å². The van der Waals surface area contributed by atoms with E-state index in [-0.39, 0.29) is 40.9 Å². The van der Waals surface area contributed by atoms with Gasteiger partial charge in [-0.15, -0.1) is 0 Å². The topological polar surface area (TPSA) is 0 Å². The molecule has 1 aliphatic rings. The van der Waals surface area contributed by atoms with Crippen LogP contribution in [0.15, 0.2) is 83.4 Å². The monoisotopic (exact) mass is 588 g/mol. The summed E-state index contributed by atoms with van der Waals surface area (Å²) in [6, 6.07) is 26.5. The normalized spacial score (nSPS) is 17.1. The van der Waals surface area contributed by atoms with Crippen LogP contribution in [-0.2, 0) is 20.4 Å². The van der Waals surface area contributed by atoms with Gasteiger partial charge in [0.2, 0.25) is 0 Å². The van der Waals surface area contributed by atoms with Gasteiger partial charge < -0.3 is 37.2 Å². The maximum absolute atomic E-state index is 2.51. The van der Waals surface area contributed by atoms with Crippen LogP contribution in [0.5, 0.6) is 0 Å². The molecule has 1 aliphatic carbocycles. The zero-order valence-corrected chi connectivity index (χ0v) is 27.3. The standard InChI is InChI=1S/C31H35Si.3ClH.Ti/c1-20-13-15-29(22(3)17-20)32(30-16-14-21(2)18-23(30)4)19-28-25(6)24(5)26(7)31(28)27-11-9-8-10-12-27;;;;/h8-18,32H,19H2,1-7H3;3*1H;/q;;;;+3/p-3. The van der Waals surface area contributed by atoms with Crippen molar-refractivity contribution in [2.24, 2.45) is 0 Å². The SMILES string of the molecule is CC1=C(C)[C]([Ti+3])(C[SiH](c2ccc(C)cc2C)c2ccc(C)cc2C)C(c2ccccc2)=C1C.[Cl-].[Cl-].[Cl-]. The van der Waals surface area contributed by atoms with E-state index in [0.29, 0.717) is 0 Å². The predicted molar refractivity (Wildman–Crippen MR) is 143 cm³/mol. The maximum Gasteiger partial charge on any atom is -1.00 e. The Kier molecular flexibility index (Phi) is 12.0. The maximum atomic E-state index is 2.51. The Labute approximate surface area is 250 Å². The molecule has 0 saturated carbocycles. The Morgan fingerprint density at radius 3 is 1.56 bits per heavy atom. The average Bonchev–Trinajstić information content (AvgIpc) is 2.93. The number of aryl methyl sites for hydroxylation is 4. The molecule has 0 bridgehead atoms. The van der Waals surface area contributed by atoms with Gasteiger partial charge in [0.25, 0.3) is 0 Å². The van der Waals surface area contributed by atoms with E-state index >= 15 is 0 Å². The second-order valence-electron chi connectivity index (χ2n) is 10.00. The molecule has 3 aromatic carbocycles. The fourth-order valence-corrected chi connectivity index (χ4v) is 11.3. The molecule has 0 amide bonds. The van der Waals surface area contributed by atoms with E-state index in [0.717, 1.165) is 0 Å². The minimum absolute atomic E-state index is 0. The van der Waals surface area contributed by atoms with Crippen molar-refractivity contribution in [3.63, 3.8) is 0 Å².